The molecule has 1 aliphatic rings. The van der Waals surface area contributed by atoms with Crippen LogP contribution >= 0.6 is 0 Å². The van der Waals surface area contributed by atoms with Gasteiger partial charge < -0.3 is 5.32 Å². The van der Waals surface area contributed by atoms with E-state index in [0.29, 0.717) is 0 Å². The fraction of sp³-hybridized carbons (Fsp3) is 0.286. The molecule has 0 radical (unpaired) electrons. The van der Waals surface area contributed by atoms with E-state index in [1.807, 2.05) is 36.4 Å². The highest BCUT2D eigenvalue weighted by Crippen LogP contribution is 2.37. The third-order valence-corrected chi connectivity index (χ3v) is 4.98. The highest BCUT2D eigenvalue weighted by atomic mass is 15.0. The lowest BCUT2D eigenvalue weighted by Gasteiger charge is -2.40. The van der Waals surface area contributed by atoms with Gasteiger partial charge in [0.1, 0.15) is 6.07 Å². The van der Waals surface area contributed by atoms with Gasteiger partial charge in [-0.15, -0.1) is 0 Å². The second-order valence-corrected chi connectivity index (χ2v) is 6.17. The van der Waals surface area contributed by atoms with Crippen molar-refractivity contribution in [2.75, 3.05) is 0 Å². The van der Waals surface area contributed by atoms with Gasteiger partial charge in [0.25, 0.3) is 0 Å². The Kier molecular flexibility index (Phi) is 4.21. The van der Waals surface area contributed by atoms with Crippen molar-refractivity contribution in [3.63, 3.8) is 0 Å². The summed E-state index contributed by atoms with van der Waals surface area (Å²) in [5.41, 5.74) is 5.18. The van der Waals surface area contributed by atoms with Crippen molar-refractivity contribution >= 4 is 11.3 Å². The molecule has 0 saturated carbocycles. The van der Waals surface area contributed by atoms with Crippen LogP contribution in [0.2, 0.25) is 0 Å². The van der Waals surface area contributed by atoms with Crippen LogP contribution in [0.3, 0.4) is 0 Å². The molecule has 1 N–H and O–H groups in total. The van der Waals surface area contributed by atoms with Gasteiger partial charge in [-0.25, -0.2) is 0 Å². The highest BCUT2D eigenvalue weighted by molar-refractivity contribution is 5.97. The lowest BCUT2D eigenvalue weighted by Crippen LogP contribution is -2.48. The Bertz CT molecular complexity index is 762. The highest BCUT2D eigenvalue weighted by Gasteiger charge is 2.34. The Morgan fingerprint density at radius 2 is 1.70 bits per heavy atom. The molecule has 1 aliphatic heterocycles. The first-order chi connectivity index (χ1) is 11.2. The normalized spacial score (nSPS) is 17.6. The van der Waals surface area contributed by atoms with E-state index in [-0.39, 0.29) is 5.54 Å². The summed E-state index contributed by atoms with van der Waals surface area (Å²) in [5, 5.41) is 13.6. The molecule has 2 nitrogen and oxygen atoms in total. The second-order valence-electron chi connectivity index (χ2n) is 6.17. The zero-order chi connectivity index (χ0) is 16.3. The Balaban J connectivity index is 2.24. The molecule has 3 rings (SSSR count). The SMILES string of the molecule is CCC1(CC)Cc2ccccc2C(=C(C#N)c2ccccc2)N1. The minimum absolute atomic E-state index is 0.0283. The molecule has 0 aromatic heterocycles. The van der Waals surface area contributed by atoms with Gasteiger partial charge in [0.2, 0.25) is 0 Å². The van der Waals surface area contributed by atoms with Crippen molar-refractivity contribution < 1.29 is 0 Å². The molecule has 0 fully saturated rings. The quantitative estimate of drug-likeness (QED) is 0.828. The summed E-state index contributed by atoms with van der Waals surface area (Å²) in [5.74, 6) is 0. The van der Waals surface area contributed by atoms with Gasteiger partial charge in [0.05, 0.1) is 11.3 Å². The zero-order valence-electron chi connectivity index (χ0n) is 13.8. The second kappa shape index (κ2) is 6.30. The predicted octanol–water partition coefficient (Wildman–Crippen LogP) is 4.78. The lowest BCUT2D eigenvalue weighted by molar-refractivity contribution is 0.334. The third-order valence-electron chi connectivity index (χ3n) is 4.98. The number of fused-ring (bicyclic) bond motifs is 1. The molecular weight excluding hydrogens is 280 g/mol. The largest absolute Gasteiger partial charge is 0.378 e. The molecule has 1 heterocycles. The van der Waals surface area contributed by atoms with Gasteiger partial charge in [-0.1, -0.05) is 68.4 Å². The van der Waals surface area contributed by atoms with Crippen LogP contribution < -0.4 is 5.32 Å². The molecule has 116 valence electrons. The van der Waals surface area contributed by atoms with E-state index in [4.69, 9.17) is 0 Å². The Hall–Kier alpha value is -2.53. The average molecular weight is 302 g/mol. The number of nitrogens with zero attached hydrogens (tertiary/aromatic N) is 1. The Morgan fingerprint density at radius 3 is 2.35 bits per heavy atom. The summed E-state index contributed by atoms with van der Waals surface area (Å²) in [7, 11) is 0. The van der Waals surface area contributed by atoms with Crippen LogP contribution in [0.1, 0.15) is 43.4 Å². The predicted molar refractivity (Wildman–Crippen MR) is 95.5 cm³/mol. The average Bonchev–Trinajstić information content (AvgIpc) is 2.63. The van der Waals surface area contributed by atoms with Crippen LogP contribution in [0.5, 0.6) is 0 Å². The number of rotatable bonds is 3. The van der Waals surface area contributed by atoms with E-state index in [1.54, 1.807) is 0 Å². The summed E-state index contributed by atoms with van der Waals surface area (Å²) < 4.78 is 0. The Labute approximate surface area is 138 Å². The third kappa shape index (κ3) is 2.75. The summed E-state index contributed by atoms with van der Waals surface area (Å²) >= 11 is 0. The number of benzene rings is 2. The van der Waals surface area contributed by atoms with Gasteiger partial charge >= 0.3 is 0 Å². The maximum absolute atomic E-state index is 9.83. The van der Waals surface area contributed by atoms with Crippen molar-refractivity contribution in [3.05, 3.63) is 71.3 Å². The number of nitriles is 1. The first-order valence-electron chi connectivity index (χ1n) is 8.29. The molecule has 0 spiro atoms. The molecule has 0 unspecified atom stereocenters. The fourth-order valence-corrected chi connectivity index (χ4v) is 3.40. The van der Waals surface area contributed by atoms with E-state index < -0.39 is 0 Å². The smallest absolute Gasteiger partial charge is 0.102 e. The fourth-order valence-electron chi connectivity index (χ4n) is 3.40. The van der Waals surface area contributed by atoms with Gasteiger partial charge in [-0.05, 0) is 30.4 Å². The number of hydrogen-bond acceptors (Lipinski definition) is 2. The summed E-state index contributed by atoms with van der Waals surface area (Å²) in [6, 6.07) is 20.8. The first kappa shape index (κ1) is 15.4. The molecule has 0 bridgehead atoms. The van der Waals surface area contributed by atoms with E-state index in [9.17, 15) is 5.26 Å². The van der Waals surface area contributed by atoms with E-state index in [2.05, 4.69) is 43.4 Å². The standard InChI is InChI=1S/C21H22N2/c1-3-21(4-2)14-17-12-8-9-13-18(17)20(23-21)19(15-22)16-10-6-5-7-11-16/h5-13,23H,3-4,14H2,1-2H3. The molecule has 0 atom stereocenters. The molecule has 0 saturated heterocycles. The number of nitrogens with one attached hydrogen (secondary N) is 1. The maximum Gasteiger partial charge on any atom is 0.102 e. The first-order valence-corrected chi connectivity index (χ1v) is 8.29. The molecule has 0 aliphatic carbocycles. The van der Waals surface area contributed by atoms with Crippen LogP contribution in [0.4, 0.5) is 0 Å². The minimum atomic E-state index is 0.0283. The van der Waals surface area contributed by atoms with Crippen molar-refractivity contribution in [2.24, 2.45) is 0 Å². The summed E-state index contributed by atoms with van der Waals surface area (Å²) in [6.07, 6.45) is 3.08. The topological polar surface area (TPSA) is 35.8 Å². The van der Waals surface area contributed by atoms with Crippen LogP contribution in [0, 0.1) is 11.3 Å². The van der Waals surface area contributed by atoms with Crippen LogP contribution in [0.15, 0.2) is 54.6 Å². The van der Waals surface area contributed by atoms with Gasteiger partial charge in [0, 0.05) is 11.1 Å². The molecule has 2 aromatic carbocycles. The van der Waals surface area contributed by atoms with E-state index >= 15 is 0 Å². The van der Waals surface area contributed by atoms with Crippen molar-refractivity contribution in [1.82, 2.24) is 5.32 Å². The molecule has 0 amide bonds. The van der Waals surface area contributed by atoms with Crippen LogP contribution in [-0.4, -0.2) is 5.54 Å². The van der Waals surface area contributed by atoms with Crippen LogP contribution in [-0.2, 0) is 6.42 Å². The Morgan fingerprint density at radius 1 is 1.04 bits per heavy atom. The van der Waals surface area contributed by atoms with E-state index in [1.165, 1.54) is 5.56 Å². The molecular formula is C21H22N2. The van der Waals surface area contributed by atoms with Crippen molar-refractivity contribution in [2.45, 2.75) is 38.6 Å². The summed E-state index contributed by atoms with van der Waals surface area (Å²) in [6.45, 7) is 4.44. The molecule has 2 aromatic rings. The van der Waals surface area contributed by atoms with Gasteiger partial charge in [0.15, 0.2) is 0 Å². The monoisotopic (exact) mass is 302 g/mol. The van der Waals surface area contributed by atoms with E-state index in [0.717, 1.165) is 41.7 Å². The minimum Gasteiger partial charge on any atom is -0.378 e. The van der Waals surface area contributed by atoms with Crippen LogP contribution in [0.25, 0.3) is 11.3 Å². The van der Waals surface area contributed by atoms with Gasteiger partial charge in [-0.3, -0.25) is 0 Å². The maximum atomic E-state index is 9.83. The molecule has 2 heteroatoms. The van der Waals surface area contributed by atoms with Crippen molar-refractivity contribution in [1.29, 1.82) is 5.26 Å². The molecule has 23 heavy (non-hydrogen) atoms. The number of hydrogen-bond donors (Lipinski definition) is 1. The summed E-state index contributed by atoms with van der Waals surface area (Å²) in [4.78, 5) is 0. The zero-order valence-corrected chi connectivity index (χ0v) is 13.8. The number of allylic oxidation sites excluding steroid dienone is 1. The lowest BCUT2D eigenvalue weighted by atomic mass is 9.78. The van der Waals surface area contributed by atoms with Gasteiger partial charge in [-0.2, -0.15) is 5.26 Å². The van der Waals surface area contributed by atoms with Crippen molar-refractivity contribution in [3.8, 4) is 6.07 Å².